The number of rotatable bonds is 6. The van der Waals surface area contributed by atoms with Gasteiger partial charge in [0.25, 0.3) is 5.69 Å². The summed E-state index contributed by atoms with van der Waals surface area (Å²) in [5.74, 6) is 0.391. The second-order valence-electron chi connectivity index (χ2n) is 4.52. The molecular weight excluding hydrogens is 340 g/mol. The number of ether oxygens (including phenoxy) is 1. The third kappa shape index (κ3) is 3.75. The number of nitrogens with zero attached hydrogens (tertiary/aromatic N) is 1. The molecule has 1 N–H and O–H groups in total. The smallest absolute Gasteiger partial charge is 0.286 e. The Morgan fingerprint density at radius 3 is 2.70 bits per heavy atom. The fourth-order valence-corrected chi connectivity index (χ4v) is 3.31. The lowest BCUT2D eigenvalue weighted by atomic mass is 10.2. The van der Waals surface area contributed by atoms with Crippen molar-refractivity contribution in [1.82, 2.24) is 0 Å². The van der Waals surface area contributed by atoms with Crippen LogP contribution < -0.4 is 10.1 Å². The van der Waals surface area contributed by atoms with Crippen LogP contribution in [0.5, 0.6) is 5.75 Å². The molecule has 0 aliphatic rings. The second kappa shape index (κ2) is 7.34. The van der Waals surface area contributed by atoms with Gasteiger partial charge in [-0.05, 0) is 30.7 Å². The van der Waals surface area contributed by atoms with Crippen LogP contribution in [0.4, 0.5) is 11.4 Å². The number of nitro groups is 1. The molecule has 0 heterocycles. The summed E-state index contributed by atoms with van der Waals surface area (Å²) in [5.41, 5.74) is 1.24. The van der Waals surface area contributed by atoms with Crippen molar-refractivity contribution in [2.24, 2.45) is 0 Å². The van der Waals surface area contributed by atoms with Crippen LogP contribution in [0, 0.1) is 17.0 Å². The number of carbonyl (C=O) groups excluding carboxylic acids is 1. The van der Waals surface area contributed by atoms with Gasteiger partial charge in [0.15, 0.2) is 0 Å². The molecule has 2 aromatic rings. The second-order valence-corrected chi connectivity index (χ2v) is 5.98. The molecule has 0 fully saturated rings. The molecule has 23 heavy (non-hydrogen) atoms. The van der Waals surface area contributed by atoms with E-state index >= 15 is 0 Å². The third-order valence-corrected chi connectivity index (χ3v) is 4.72. The van der Waals surface area contributed by atoms with E-state index < -0.39 is 4.92 Å². The molecule has 8 heteroatoms. The first-order valence-corrected chi connectivity index (χ1v) is 7.67. The van der Waals surface area contributed by atoms with Crippen LogP contribution in [0.2, 0.25) is 5.02 Å². The highest BCUT2D eigenvalue weighted by Gasteiger charge is 2.20. The maximum Gasteiger partial charge on any atom is 0.286 e. The summed E-state index contributed by atoms with van der Waals surface area (Å²) in [7, 11) is 1.44. The van der Waals surface area contributed by atoms with Crippen molar-refractivity contribution in [3.63, 3.8) is 0 Å². The molecule has 0 saturated heterocycles. The Hall–Kier alpha value is -2.25. The summed E-state index contributed by atoms with van der Waals surface area (Å²) in [6.07, 6.45) is 0.547. The predicted octanol–water partition coefficient (Wildman–Crippen LogP) is 4.28. The SMILES string of the molecule is COc1ccc(Sc2c(Cl)ccc(C)c2NC=O)c([N+](=O)[O-])c1. The zero-order chi connectivity index (χ0) is 17.0. The Morgan fingerprint density at radius 2 is 2.09 bits per heavy atom. The van der Waals surface area contributed by atoms with Gasteiger partial charge in [-0.3, -0.25) is 14.9 Å². The van der Waals surface area contributed by atoms with Crippen LogP contribution in [0.3, 0.4) is 0 Å². The molecule has 0 unspecified atom stereocenters. The maximum absolute atomic E-state index is 11.3. The van der Waals surface area contributed by atoms with Gasteiger partial charge in [0, 0.05) is 0 Å². The normalized spacial score (nSPS) is 10.2. The summed E-state index contributed by atoms with van der Waals surface area (Å²) >= 11 is 7.32. The summed E-state index contributed by atoms with van der Waals surface area (Å²) in [5, 5.41) is 14.3. The number of nitro benzene ring substituents is 1. The molecule has 120 valence electrons. The monoisotopic (exact) mass is 352 g/mol. The van der Waals surface area contributed by atoms with E-state index in [0.29, 0.717) is 32.7 Å². The Morgan fingerprint density at radius 1 is 1.35 bits per heavy atom. The van der Waals surface area contributed by atoms with Gasteiger partial charge in [-0.1, -0.05) is 29.4 Å². The maximum atomic E-state index is 11.3. The number of aryl methyl sites for hydroxylation is 1. The molecule has 2 rings (SSSR count). The average molecular weight is 353 g/mol. The molecule has 1 amide bonds. The number of halogens is 1. The highest BCUT2D eigenvalue weighted by molar-refractivity contribution is 7.99. The highest BCUT2D eigenvalue weighted by atomic mass is 35.5. The van der Waals surface area contributed by atoms with Gasteiger partial charge >= 0.3 is 0 Å². The molecule has 0 radical (unpaired) electrons. The summed E-state index contributed by atoms with van der Waals surface area (Å²) in [6.45, 7) is 1.81. The molecule has 6 nitrogen and oxygen atoms in total. The molecule has 0 saturated carbocycles. The van der Waals surface area contributed by atoms with Crippen LogP contribution in [0.1, 0.15) is 5.56 Å². The molecule has 0 aliphatic heterocycles. The van der Waals surface area contributed by atoms with E-state index in [1.807, 2.05) is 6.92 Å². The lowest BCUT2D eigenvalue weighted by Crippen LogP contribution is -1.99. The third-order valence-electron chi connectivity index (χ3n) is 3.10. The summed E-state index contributed by atoms with van der Waals surface area (Å²) in [4.78, 5) is 22.6. The van der Waals surface area contributed by atoms with Crippen molar-refractivity contribution in [3.05, 3.63) is 51.0 Å². The lowest BCUT2D eigenvalue weighted by molar-refractivity contribution is -0.387. The van der Waals surface area contributed by atoms with Crippen LogP contribution >= 0.6 is 23.4 Å². The van der Waals surface area contributed by atoms with E-state index in [1.165, 1.54) is 13.2 Å². The Bertz CT molecular complexity index is 767. The number of amides is 1. The summed E-state index contributed by atoms with van der Waals surface area (Å²) in [6, 6.07) is 8.01. The molecular formula is C15H13ClN2O4S. The average Bonchev–Trinajstić information content (AvgIpc) is 2.54. The van der Waals surface area contributed by atoms with Gasteiger partial charge in [0.1, 0.15) is 5.75 Å². The number of methoxy groups -OCH3 is 1. The van der Waals surface area contributed by atoms with Gasteiger partial charge in [-0.2, -0.15) is 0 Å². The van der Waals surface area contributed by atoms with E-state index in [9.17, 15) is 14.9 Å². The van der Waals surface area contributed by atoms with Crippen molar-refractivity contribution in [1.29, 1.82) is 0 Å². The topological polar surface area (TPSA) is 81.5 Å². The number of hydrogen-bond acceptors (Lipinski definition) is 5. The fraction of sp³-hybridized carbons (Fsp3) is 0.133. The van der Waals surface area contributed by atoms with E-state index in [4.69, 9.17) is 16.3 Å². The Kier molecular flexibility index (Phi) is 5.46. The quantitative estimate of drug-likeness (QED) is 0.476. The molecule has 0 atom stereocenters. The first-order chi connectivity index (χ1) is 11.0. The van der Waals surface area contributed by atoms with Gasteiger partial charge in [-0.25, -0.2) is 0 Å². The number of benzene rings is 2. The standard InChI is InChI=1S/C15H13ClN2O4S/c1-9-3-5-11(16)15(14(9)17-8-19)23-13-6-4-10(22-2)7-12(13)18(20)21/h3-8H,1-2H3,(H,17,19). The van der Waals surface area contributed by atoms with Crippen LogP contribution in [0.25, 0.3) is 0 Å². The number of anilines is 1. The van der Waals surface area contributed by atoms with Gasteiger partial charge in [0.2, 0.25) is 6.41 Å². The van der Waals surface area contributed by atoms with E-state index in [-0.39, 0.29) is 5.69 Å². The van der Waals surface area contributed by atoms with Crippen LogP contribution in [0.15, 0.2) is 40.1 Å². The minimum Gasteiger partial charge on any atom is -0.497 e. The largest absolute Gasteiger partial charge is 0.497 e. The van der Waals surface area contributed by atoms with Crippen molar-refractivity contribution in [2.75, 3.05) is 12.4 Å². The summed E-state index contributed by atoms with van der Waals surface area (Å²) < 4.78 is 5.02. The van der Waals surface area contributed by atoms with Crippen LogP contribution in [-0.2, 0) is 4.79 Å². The number of nitrogens with one attached hydrogen (secondary N) is 1. The van der Waals surface area contributed by atoms with Gasteiger partial charge in [0.05, 0.1) is 38.6 Å². The first kappa shape index (κ1) is 17.1. The molecule has 0 aromatic heterocycles. The number of carbonyl (C=O) groups is 1. The Labute approximate surface area is 141 Å². The molecule has 0 bridgehead atoms. The predicted molar refractivity (Wildman–Crippen MR) is 89.6 cm³/mol. The van der Waals surface area contributed by atoms with E-state index in [0.717, 1.165) is 17.3 Å². The number of hydrogen-bond donors (Lipinski definition) is 1. The van der Waals surface area contributed by atoms with Crippen molar-refractivity contribution >= 4 is 41.1 Å². The molecule has 2 aromatic carbocycles. The van der Waals surface area contributed by atoms with Gasteiger partial charge in [-0.15, -0.1) is 0 Å². The highest BCUT2D eigenvalue weighted by Crippen LogP contribution is 2.44. The lowest BCUT2D eigenvalue weighted by Gasteiger charge is -2.13. The molecule has 0 aliphatic carbocycles. The van der Waals surface area contributed by atoms with Gasteiger partial charge < -0.3 is 10.1 Å². The Balaban J connectivity index is 2.53. The van der Waals surface area contributed by atoms with E-state index in [1.54, 1.807) is 24.3 Å². The molecule has 0 spiro atoms. The minimum atomic E-state index is -0.485. The van der Waals surface area contributed by atoms with Crippen LogP contribution in [-0.4, -0.2) is 18.4 Å². The fourth-order valence-electron chi connectivity index (χ4n) is 1.96. The zero-order valence-corrected chi connectivity index (χ0v) is 13.9. The van der Waals surface area contributed by atoms with Crippen molar-refractivity contribution in [3.8, 4) is 5.75 Å². The van der Waals surface area contributed by atoms with Crippen molar-refractivity contribution < 1.29 is 14.5 Å². The van der Waals surface area contributed by atoms with Crippen molar-refractivity contribution in [2.45, 2.75) is 16.7 Å². The van der Waals surface area contributed by atoms with E-state index in [2.05, 4.69) is 5.32 Å². The first-order valence-electron chi connectivity index (χ1n) is 6.47. The zero-order valence-electron chi connectivity index (χ0n) is 12.3. The minimum absolute atomic E-state index is 0.0935.